The van der Waals surface area contributed by atoms with Crippen LogP contribution in [0.5, 0.6) is 0 Å². The van der Waals surface area contributed by atoms with Gasteiger partial charge in [-0.3, -0.25) is 4.79 Å². The highest BCUT2D eigenvalue weighted by Crippen LogP contribution is 2.25. The van der Waals surface area contributed by atoms with Crippen LogP contribution in [0.4, 0.5) is 0 Å². The third-order valence-electron chi connectivity index (χ3n) is 4.13. The molecule has 2 rings (SSSR count). The number of halogens is 1. The van der Waals surface area contributed by atoms with Crippen LogP contribution in [0, 0.1) is 5.92 Å². The van der Waals surface area contributed by atoms with Gasteiger partial charge in [0.25, 0.3) is 5.91 Å². The maximum atomic E-state index is 12.4. The molecule has 1 aromatic carbocycles. The van der Waals surface area contributed by atoms with Crippen molar-refractivity contribution in [3.05, 3.63) is 29.8 Å². The van der Waals surface area contributed by atoms with Crippen molar-refractivity contribution in [1.82, 2.24) is 5.32 Å². The van der Waals surface area contributed by atoms with Gasteiger partial charge in [0.2, 0.25) is 0 Å². The van der Waals surface area contributed by atoms with E-state index in [0.717, 1.165) is 19.3 Å². The smallest absolute Gasteiger partial charge is 0.252 e. The van der Waals surface area contributed by atoms with Crippen molar-refractivity contribution >= 4 is 28.2 Å². The van der Waals surface area contributed by atoms with Gasteiger partial charge < -0.3 is 11.1 Å². The molecule has 3 N–H and O–H groups in total. The lowest BCUT2D eigenvalue weighted by Gasteiger charge is -2.20. The zero-order chi connectivity index (χ0) is 15.5. The summed E-state index contributed by atoms with van der Waals surface area (Å²) in [5, 5.41) is 2.95. The SMILES string of the molecule is CCS(=O)(=O)c1ccccc1C(=O)NC1CCCC1CN.Cl. The highest BCUT2D eigenvalue weighted by atomic mass is 35.5. The van der Waals surface area contributed by atoms with Crippen molar-refractivity contribution in [1.29, 1.82) is 0 Å². The lowest BCUT2D eigenvalue weighted by atomic mass is 10.0. The predicted octanol–water partition coefficient (Wildman–Crippen LogP) is 1.76. The molecule has 7 heteroatoms. The van der Waals surface area contributed by atoms with Crippen LogP contribution in [0.2, 0.25) is 0 Å². The Labute approximate surface area is 138 Å². The van der Waals surface area contributed by atoms with Crippen molar-refractivity contribution in [2.24, 2.45) is 11.7 Å². The first-order chi connectivity index (χ1) is 9.99. The Hall–Kier alpha value is -1.11. The maximum Gasteiger partial charge on any atom is 0.252 e. The van der Waals surface area contributed by atoms with Crippen LogP contribution in [-0.2, 0) is 9.84 Å². The highest BCUT2D eigenvalue weighted by molar-refractivity contribution is 7.91. The molecule has 1 saturated carbocycles. The van der Waals surface area contributed by atoms with Gasteiger partial charge in [-0.05, 0) is 37.4 Å². The number of carbonyl (C=O) groups excluding carboxylic acids is 1. The van der Waals surface area contributed by atoms with Crippen molar-refractivity contribution in [3.8, 4) is 0 Å². The highest BCUT2D eigenvalue weighted by Gasteiger charge is 2.29. The first-order valence-corrected chi connectivity index (χ1v) is 8.97. The molecule has 0 heterocycles. The van der Waals surface area contributed by atoms with E-state index >= 15 is 0 Å². The lowest BCUT2D eigenvalue weighted by Crippen LogP contribution is -2.40. The Morgan fingerprint density at radius 1 is 1.32 bits per heavy atom. The Kier molecular flexibility index (Phi) is 6.84. The number of carbonyl (C=O) groups is 1. The average Bonchev–Trinajstić information content (AvgIpc) is 2.94. The quantitative estimate of drug-likeness (QED) is 0.850. The van der Waals surface area contributed by atoms with Crippen molar-refractivity contribution in [3.63, 3.8) is 0 Å². The molecule has 0 bridgehead atoms. The van der Waals surface area contributed by atoms with Crippen LogP contribution in [-0.4, -0.2) is 32.7 Å². The van der Waals surface area contributed by atoms with Crippen LogP contribution in [0.3, 0.4) is 0 Å². The Bertz CT molecular complexity index is 619. The molecule has 0 radical (unpaired) electrons. The molecule has 0 spiro atoms. The van der Waals surface area contributed by atoms with Gasteiger partial charge in [0, 0.05) is 6.04 Å². The molecule has 2 unspecified atom stereocenters. The van der Waals surface area contributed by atoms with Gasteiger partial charge in [0.15, 0.2) is 9.84 Å². The van der Waals surface area contributed by atoms with Gasteiger partial charge >= 0.3 is 0 Å². The van der Waals surface area contributed by atoms with E-state index in [4.69, 9.17) is 5.73 Å². The van der Waals surface area contributed by atoms with Crippen molar-refractivity contribution < 1.29 is 13.2 Å². The van der Waals surface area contributed by atoms with Gasteiger partial charge in [0.1, 0.15) is 0 Å². The molecule has 1 aliphatic carbocycles. The topological polar surface area (TPSA) is 89.3 Å². The molecule has 5 nitrogen and oxygen atoms in total. The van der Waals surface area contributed by atoms with E-state index in [0.29, 0.717) is 6.54 Å². The largest absolute Gasteiger partial charge is 0.349 e. The van der Waals surface area contributed by atoms with Crippen molar-refractivity contribution in [2.75, 3.05) is 12.3 Å². The zero-order valence-electron chi connectivity index (χ0n) is 12.6. The zero-order valence-corrected chi connectivity index (χ0v) is 14.3. The third kappa shape index (κ3) is 4.00. The van der Waals surface area contributed by atoms with Gasteiger partial charge in [-0.2, -0.15) is 0 Å². The standard InChI is InChI=1S/C15H22N2O3S.ClH/c1-2-21(19,20)14-9-4-3-7-12(14)15(18)17-13-8-5-6-11(13)10-16;/h3-4,7,9,11,13H,2,5-6,8,10,16H2,1H3,(H,17,18);1H. The normalized spacial score (nSPS) is 21.2. The number of nitrogens with two attached hydrogens (primary N) is 1. The summed E-state index contributed by atoms with van der Waals surface area (Å²) in [7, 11) is -3.41. The number of rotatable bonds is 5. The van der Waals surface area contributed by atoms with Crippen LogP contribution in [0.25, 0.3) is 0 Å². The van der Waals surface area contributed by atoms with E-state index in [9.17, 15) is 13.2 Å². The molecule has 1 aliphatic rings. The first kappa shape index (κ1) is 18.9. The summed E-state index contributed by atoms with van der Waals surface area (Å²) < 4.78 is 24.2. The molecule has 1 amide bonds. The average molecular weight is 347 g/mol. The van der Waals surface area contributed by atoms with Crippen molar-refractivity contribution in [2.45, 2.75) is 37.1 Å². The van der Waals surface area contributed by atoms with E-state index in [2.05, 4.69) is 5.32 Å². The molecule has 0 aliphatic heterocycles. The van der Waals surface area contributed by atoms with Gasteiger partial charge in [0.05, 0.1) is 16.2 Å². The third-order valence-corrected chi connectivity index (χ3v) is 5.91. The fourth-order valence-corrected chi connectivity index (χ4v) is 3.93. The van der Waals surface area contributed by atoms with Crippen LogP contribution in [0.1, 0.15) is 36.5 Å². The number of hydrogen-bond acceptors (Lipinski definition) is 4. The van der Waals surface area contributed by atoms with E-state index in [1.54, 1.807) is 25.1 Å². The second-order valence-electron chi connectivity index (χ2n) is 5.41. The summed E-state index contributed by atoms with van der Waals surface area (Å²) in [6, 6.07) is 6.41. The first-order valence-electron chi connectivity index (χ1n) is 7.32. The number of amides is 1. The second kappa shape index (κ2) is 7.94. The minimum Gasteiger partial charge on any atom is -0.349 e. The summed E-state index contributed by atoms with van der Waals surface area (Å²) in [4.78, 5) is 12.5. The van der Waals surface area contributed by atoms with Crippen LogP contribution < -0.4 is 11.1 Å². The summed E-state index contributed by atoms with van der Waals surface area (Å²) in [5.74, 6) is -0.0662. The predicted molar refractivity (Wildman–Crippen MR) is 89.1 cm³/mol. The Balaban J connectivity index is 0.00000242. The molecule has 2 atom stereocenters. The molecular formula is C15H23ClN2O3S. The molecule has 124 valence electrons. The Morgan fingerprint density at radius 3 is 2.64 bits per heavy atom. The van der Waals surface area contributed by atoms with Crippen LogP contribution in [0.15, 0.2) is 29.2 Å². The Morgan fingerprint density at radius 2 is 2.00 bits per heavy atom. The van der Waals surface area contributed by atoms with Gasteiger partial charge in [-0.25, -0.2) is 8.42 Å². The fraction of sp³-hybridized carbons (Fsp3) is 0.533. The van der Waals surface area contributed by atoms with E-state index in [1.165, 1.54) is 6.07 Å². The minimum absolute atomic E-state index is 0. The fourth-order valence-electron chi connectivity index (χ4n) is 2.84. The van der Waals surface area contributed by atoms with Gasteiger partial charge in [-0.15, -0.1) is 12.4 Å². The maximum absolute atomic E-state index is 12.4. The molecule has 22 heavy (non-hydrogen) atoms. The molecular weight excluding hydrogens is 324 g/mol. The number of benzene rings is 1. The van der Waals surface area contributed by atoms with E-state index in [1.807, 2.05) is 0 Å². The van der Waals surface area contributed by atoms with Gasteiger partial charge in [-0.1, -0.05) is 25.5 Å². The summed E-state index contributed by atoms with van der Waals surface area (Å²) >= 11 is 0. The lowest BCUT2D eigenvalue weighted by molar-refractivity contribution is 0.0925. The molecule has 1 aromatic rings. The second-order valence-corrected chi connectivity index (χ2v) is 7.65. The minimum atomic E-state index is -3.41. The summed E-state index contributed by atoms with van der Waals surface area (Å²) in [5.41, 5.74) is 5.94. The van der Waals surface area contributed by atoms with Crippen LogP contribution >= 0.6 is 12.4 Å². The van der Waals surface area contributed by atoms with E-state index < -0.39 is 9.84 Å². The molecule has 0 saturated heterocycles. The van der Waals surface area contributed by atoms with E-state index in [-0.39, 0.29) is 46.5 Å². The molecule has 0 aromatic heterocycles. The summed E-state index contributed by atoms with van der Waals surface area (Å²) in [6.07, 6.45) is 2.95. The monoisotopic (exact) mass is 346 g/mol. The number of sulfone groups is 1. The number of hydrogen-bond donors (Lipinski definition) is 2. The summed E-state index contributed by atoms with van der Waals surface area (Å²) in [6.45, 7) is 2.12. The molecule has 1 fully saturated rings. The number of nitrogens with one attached hydrogen (secondary N) is 1.